The minimum atomic E-state index is -0.530. The third kappa shape index (κ3) is 4.53. The third-order valence-corrected chi connectivity index (χ3v) is 2.60. The average molecular weight is 238 g/mol. The van der Waals surface area contributed by atoms with Gasteiger partial charge in [-0.15, -0.1) is 0 Å². The number of hydrogen-bond donors (Lipinski definition) is 2. The molecule has 0 saturated heterocycles. The minimum absolute atomic E-state index is 0.307. The van der Waals surface area contributed by atoms with Gasteiger partial charge in [-0.1, -0.05) is 19.8 Å². The van der Waals surface area contributed by atoms with Crippen LogP contribution >= 0.6 is 0 Å². The lowest BCUT2D eigenvalue weighted by Gasteiger charge is -2.07. The van der Waals surface area contributed by atoms with Crippen LogP contribution in [0.3, 0.4) is 0 Å². The van der Waals surface area contributed by atoms with E-state index in [2.05, 4.69) is 12.2 Å². The lowest BCUT2D eigenvalue weighted by Crippen LogP contribution is -2.17. The molecule has 0 aliphatic rings. The quantitative estimate of drug-likeness (QED) is 0.715. The van der Waals surface area contributed by atoms with Crippen molar-refractivity contribution in [2.75, 3.05) is 6.54 Å². The third-order valence-electron chi connectivity index (χ3n) is 2.60. The molecule has 3 N–H and O–H groups in total. The van der Waals surface area contributed by atoms with Crippen LogP contribution in [0, 0.1) is 5.82 Å². The first kappa shape index (κ1) is 13.6. The zero-order valence-electron chi connectivity index (χ0n) is 10.1. The van der Waals surface area contributed by atoms with E-state index in [9.17, 15) is 9.18 Å². The molecule has 1 aromatic carbocycles. The Morgan fingerprint density at radius 2 is 2.18 bits per heavy atom. The second-order valence-corrected chi connectivity index (χ2v) is 4.05. The molecule has 1 amide bonds. The summed E-state index contributed by atoms with van der Waals surface area (Å²) in [5.41, 5.74) is 5.97. The summed E-state index contributed by atoms with van der Waals surface area (Å²) in [7, 11) is 0. The Kier molecular flexibility index (Phi) is 5.63. The van der Waals surface area contributed by atoms with Crippen LogP contribution in [0.15, 0.2) is 18.2 Å². The van der Waals surface area contributed by atoms with Crippen LogP contribution in [-0.4, -0.2) is 12.5 Å². The van der Waals surface area contributed by atoms with Gasteiger partial charge in [0.25, 0.3) is 0 Å². The van der Waals surface area contributed by atoms with E-state index < -0.39 is 5.91 Å². The summed E-state index contributed by atoms with van der Waals surface area (Å²) < 4.78 is 13.4. The highest BCUT2D eigenvalue weighted by Gasteiger charge is 2.06. The number of rotatable bonds is 7. The van der Waals surface area contributed by atoms with Crippen molar-refractivity contribution in [3.8, 4) is 0 Å². The summed E-state index contributed by atoms with van der Waals surface area (Å²) in [4.78, 5) is 11.0. The topological polar surface area (TPSA) is 55.1 Å². The molecule has 0 saturated carbocycles. The molecule has 0 radical (unpaired) electrons. The molecule has 4 heteroatoms. The zero-order chi connectivity index (χ0) is 12.7. The van der Waals surface area contributed by atoms with Crippen molar-refractivity contribution in [1.29, 1.82) is 0 Å². The summed E-state index contributed by atoms with van der Waals surface area (Å²) in [6.07, 6.45) is 3.40. The van der Waals surface area contributed by atoms with Crippen molar-refractivity contribution >= 4 is 5.91 Å². The van der Waals surface area contributed by atoms with Gasteiger partial charge in [-0.05, 0) is 31.2 Å². The number of nitrogens with one attached hydrogen (secondary N) is 1. The SMILES string of the molecule is CCCCCNCc1cc(C(N)=O)ccc1F. The molecule has 3 nitrogen and oxygen atoms in total. The summed E-state index contributed by atoms with van der Waals surface area (Å²) in [5.74, 6) is -0.838. The number of primary amides is 1. The maximum Gasteiger partial charge on any atom is 0.248 e. The molecule has 94 valence electrons. The van der Waals surface area contributed by atoms with Gasteiger partial charge in [0.15, 0.2) is 0 Å². The van der Waals surface area contributed by atoms with Crippen LogP contribution in [0.2, 0.25) is 0 Å². The molecule has 17 heavy (non-hydrogen) atoms. The summed E-state index contributed by atoms with van der Waals surface area (Å²) in [5, 5.41) is 3.15. The summed E-state index contributed by atoms with van der Waals surface area (Å²) in [6.45, 7) is 3.42. The molecule has 0 unspecified atom stereocenters. The second-order valence-electron chi connectivity index (χ2n) is 4.05. The molecule has 0 aliphatic heterocycles. The fourth-order valence-corrected chi connectivity index (χ4v) is 1.59. The van der Waals surface area contributed by atoms with Crippen LogP contribution in [0.4, 0.5) is 4.39 Å². The minimum Gasteiger partial charge on any atom is -0.366 e. The van der Waals surface area contributed by atoms with Crippen molar-refractivity contribution in [1.82, 2.24) is 5.32 Å². The largest absolute Gasteiger partial charge is 0.366 e. The number of hydrogen-bond acceptors (Lipinski definition) is 2. The van der Waals surface area contributed by atoms with E-state index in [4.69, 9.17) is 5.73 Å². The standard InChI is InChI=1S/C13H19FN2O/c1-2-3-4-7-16-9-11-8-10(13(15)17)5-6-12(11)14/h5-6,8,16H,2-4,7,9H2,1H3,(H2,15,17). The predicted octanol–water partition coefficient (Wildman–Crippen LogP) is 2.20. The maximum absolute atomic E-state index is 13.4. The first-order chi connectivity index (χ1) is 8.15. The van der Waals surface area contributed by atoms with Gasteiger partial charge in [0.2, 0.25) is 5.91 Å². The Hall–Kier alpha value is -1.42. The van der Waals surface area contributed by atoms with Crippen molar-refractivity contribution in [2.45, 2.75) is 32.7 Å². The average Bonchev–Trinajstić information content (AvgIpc) is 2.30. The maximum atomic E-state index is 13.4. The Morgan fingerprint density at radius 1 is 1.41 bits per heavy atom. The zero-order valence-corrected chi connectivity index (χ0v) is 10.1. The van der Waals surface area contributed by atoms with Gasteiger partial charge in [0, 0.05) is 17.7 Å². The van der Waals surface area contributed by atoms with Gasteiger partial charge >= 0.3 is 0 Å². The van der Waals surface area contributed by atoms with Crippen LogP contribution in [-0.2, 0) is 6.54 Å². The molecule has 0 aromatic heterocycles. The summed E-state index contributed by atoms with van der Waals surface area (Å²) in [6, 6.07) is 4.19. The van der Waals surface area contributed by atoms with Crippen LogP contribution in [0.5, 0.6) is 0 Å². The molecule has 0 spiro atoms. The Morgan fingerprint density at radius 3 is 2.82 bits per heavy atom. The number of unbranched alkanes of at least 4 members (excludes halogenated alkanes) is 2. The number of carbonyl (C=O) groups excluding carboxylic acids is 1. The molecular weight excluding hydrogens is 219 g/mol. The van der Waals surface area contributed by atoms with E-state index in [1.54, 1.807) is 0 Å². The molecule has 1 aromatic rings. The van der Waals surface area contributed by atoms with Crippen molar-refractivity contribution in [2.24, 2.45) is 5.73 Å². The van der Waals surface area contributed by atoms with Gasteiger partial charge in [0.1, 0.15) is 5.82 Å². The number of carbonyl (C=O) groups is 1. The molecule has 0 fully saturated rings. The monoisotopic (exact) mass is 238 g/mol. The van der Waals surface area contributed by atoms with E-state index in [0.717, 1.165) is 25.8 Å². The summed E-state index contributed by atoms with van der Waals surface area (Å²) >= 11 is 0. The lowest BCUT2D eigenvalue weighted by molar-refractivity contribution is 0.1000. The predicted molar refractivity (Wildman–Crippen MR) is 66.1 cm³/mol. The molecule has 0 atom stereocenters. The van der Waals surface area contributed by atoms with Gasteiger partial charge in [-0.3, -0.25) is 4.79 Å². The van der Waals surface area contributed by atoms with E-state index >= 15 is 0 Å². The first-order valence-corrected chi connectivity index (χ1v) is 5.94. The van der Waals surface area contributed by atoms with Crippen LogP contribution in [0.1, 0.15) is 42.1 Å². The van der Waals surface area contributed by atoms with Crippen LogP contribution < -0.4 is 11.1 Å². The van der Waals surface area contributed by atoms with Crippen molar-refractivity contribution in [3.63, 3.8) is 0 Å². The molecule has 0 bridgehead atoms. The highest BCUT2D eigenvalue weighted by atomic mass is 19.1. The molecule has 0 aliphatic carbocycles. The molecule has 0 heterocycles. The smallest absolute Gasteiger partial charge is 0.248 e. The van der Waals surface area contributed by atoms with Gasteiger partial charge in [-0.2, -0.15) is 0 Å². The van der Waals surface area contributed by atoms with E-state index in [1.807, 2.05) is 0 Å². The van der Waals surface area contributed by atoms with Gasteiger partial charge in [-0.25, -0.2) is 4.39 Å². The van der Waals surface area contributed by atoms with E-state index in [1.165, 1.54) is 18.2 Å². The molecule has 1 rings (SSSR count). The number of halogens is 1. The normalized spacial score (nSPS) is 10.5. The first-order valence-electron chi connectivity index (χ1n) is 5.94. The fraction of sp³-hybridized carbons (Fsp3) is 0.462. The van der Waals surface area contributed by atoms with Crippen LogP contribution in [0.25, 0.3) is 0 Å². The Labute approximate surface area is 101 Å². The van der Waals surface area contributed by atoms with Crippen molar-refractivity contribution in [3.05, 3.63) is 35.1 Å². The Bertz CT molecular complexity index is 380. The second kappa shape index (κ2) is 7.01. The highest BCUT2D eigenvalue weighted by Crippen LogP contribution is 2.10. The fourth-order valence-electron chi connectivity index (χ4n) is 1.59. The van der Waals surface area contributed by atoms with E-state index in [0.29, 0.717) is 17.7 Å². The number of nitrogens with two attached hydrogens (primary N) is 1. The number of benzene rings is 1. The van der Waals surface area contributed by atoms with Crippen molar-refractivity contribution < 1.29 is 9.18 Å². The number of amides is 1. The van der Waals surface area contributed by atoms with Gasteiger partial charge < -0.3 is 11.1 Å². The Balaban J connectivity index is 2.51. The van der Waals surface area contributed by atoms with E-state index in [-0.39, 0.29) is 5.82 Å². The molecular formula is C13H19FN2O. The van der Waals surface area contributed by atoms with Gasteiger partial charge in [0.05, 0.1) is 0 Å². The highest BCUT2D eigenvalue weighted by molar-refractivity contribution is 5.92. The lowest BCUT2D eigenvalue weighted by atomic mass is 10.1.